The molecule has 11 heteroatoms. The van der Waals surface area contributed by atoms with E-state index < -0.39 is 35.7 Å². The second-order valence-electron chi connectivity index (χ2n) is 15.1. The highest BCUT2D eigenvalue weighted by Gasteiger charge is 2.31. The van der Waals surface area contributed by atoms with E-state index in [4.69, 9.17) is 4.42 Å². The number of hydrogen-bond donors (Lipinski definition) is 2. The van der Waals surface area contributed by atoms with Crippen LogP contribution in [-0.2, 0) is 19.7 Å². The number of furan rings is 1. The molecule has 0 spiro atoms. The van der Waals surface area contributed by atoms with E-state index in [1.165, 1.54) is 19.6 Å². The molecule has 274 valence electrons. The monoisotopic (exact) mass is 734 g/mol. The summed E-state index contributed by atoms with van der Waals surface area (Å²) in [6.07, 6.45) is 8.09. The van der Waals surface area contributed by atoms with Gasteiger partial charge in [0.05, 0.1) is 16.1 Å². The fourth-order valence-electron chi connectivity index (χ4n) is 7.07. The van der Waals surface area contributed by atoms with Crippen molar-refractivity contribution in [3.63, 3.8) is 0 Å². The van der Waals surface area contributed by atoms with Crippen LogP contribution < -0.4 is 10.6 Å². The molecule has 51 heavy (non-hydrogen) atoms. The minimum Gasteiger partial charge on any atom is -0.455 e. The second kappa shape index (κ2) is 14.9. The Morgan fingerprint density at radius 2 is 1.33 bits per heavy atom. The van der Waals surface area contributed by atoms with Gasteiger partial charge >= 0.3 is 0 Å². The fourth-order valence-corrected chi connectivity index (χ4v) is 9.54. The predicted molar refractivity (Wildman–Crippen MR) is 205 cm³/mol. The minimum absolute atomic E-state index is 0.261. The third-order valence-electron chi connectivity index (χ3n) is 9.58. The van der Waals surface area contributed by atoms with Gasteiger partial charge in [0.2, 0.25) is 0 Å². The van der Waals surface area contributed by atoms with Crippen molar-refractivity contribution in [2.45, 2.75) is 95.1 Å². The zero-order chi connectivity index (χ0) is 37.3. The van der Waals surface area contributed by atoms with E-state index in [-0.39, 0.29) is 17.4 Å². The first kappa shape index (κ1) is 38.3. The number of benzene rings is 3. The van der Waals surface area contributed by atoms with Gasteiger partial charge in [-0.25, -0.2) is 16.8 Å². The highest BCUT2D eigenvalue weighted by atomic mass is 32.2. The Morgan fingerprint density at radius 1 is 0.745 bits per heavy atom. The third kappa shape index (κ3) is 8.92. The van der Waals surface area contributed by atoms with Crippen LogP contribution in [0.25, 0.3) is 33.4 Å². The SMILES string of the molecule is CNC(=O)c1c(-c2ccc(C)cc2)oc2cc3c(cc12)-c1cc(C(=O)NC(C)(C)C)cc(c1)C(S(C)(=O)=O)CCCCCCCCC3S(C)(=O)=O. The number of aryl methyl sites for hydroxylation is 1. The lowest BCUT2D eigenvalue weighted by molar-refractivity contribution is 0.0917. The van der Waals surface area contributed by atoms with Gasteiger partial charge in [-0.1, -0.05) is 68.4 Å². The Hall–Kier alpha value is -3.96. The summed E-state index contributed by atoms with van der Waals surface area (Å²) in [4.78, 5) is 27.3. The van der Waals surface area contributed by atoms with Crippen LogP contribution in [0.2, 0.25) is 0 Å². The molecule has 0 fully saturated rings. The first-order valence-electron chi connectivity index (χ1n) is 17.6. The molecule has 5 rings (SSSR count). The van der Waals surface area contributed by atoms with E-state index in [0.29, 0.717) is 75.8 Å². The summed E-state index contributed by atoms with van der Waals surface area (Å²) in [6, 6.07) is 16.2. The molecule has 0 saturated carbocycles. The number of rotatable bonds is 5. The van der Waals surface area contributed by atoms with Gasteiger partial charge in [0, 0.05) is 41.6 Å². The molecule has 4 aromatic rings. The molecule has 1 aliphatic carbocycles. The van der Waals surface area contributed by atoms with Crippen molar-refractivity contribution in [3.8, 4) is 22.5 Å². The largest absolute Gasteiger partial charge is 0.455 e. The van der Waals surface area contributed by atoms with Gasteiger partial charge in [-0.2, -0.15) is 0 Å². The molecule has 1 aliphatic rings. The van der Waals surface area contributed by atoms with Crippen molar-refractivity contribution >= 4 is 42.5 Å². The zero-order valence-electron chi connectivity index (χ0n) is 30.7. The predicted octanol–water partition coefficient (Wildman–Crippen LogP) is 8.27. The summed E-state index contributed by atoms with van der Waals surface area (Å²) < 4.78 is 60.5. The minimum atomic E-state index is -3.68. The third-order valence-corrected chi connectivity index (χ3v) is 12.6. The van der Waals surface area contributed by atoms with Gasteiger partial charge in [0.25, 0.3) is 11.8 Å². The van der Waals surface area contributed by atoms with Gasteiger partial charge in [-0.15, -0.1) is 0 Å². The molecule has 0 saturated heterocycles. The Bertz CT molecular complexity index is 2160. The number of nitrogens with one attached hydrogen (secondary N) is 2. The van der Waals surface area contributed by atoms with Crippen molar-refractivity contribution < 1.29 is 30.8 Å². The van der Waals surface area contributed by atoms with Gasteiger partial charge < -0.3 is 15.1 Å². The first-order chi connectivity index (χ1) is 23.9. The van der Waals surface area contributed by atoms with Crippen LogP contribution in [0.4, 0.5) is 0 Å². The van der Waals surface area contributed by atoms with Crippen LogP contribution in [0.1, 0.15) is 120 Å². The number of carbonyl (C=O) groups excluding carboxylic acids is 2. The standard InChI is InChI=1S/C40H50N2O7S2/c1-25-16-18-26(19-17-25)37-36(39(44)41-5)32-23-30-27-20-28(22-29(21-27)38(43)42-40(2,3)4)34(50(6,45)46)14-12-10-8-9-11-13-15-35(51(7,47)48)31(30)24-33(32)49-37/h16-24,34-35H,8-15H2,1-7H3,(H,41,44)(H,42,43). The first-order valence-corrected chi connectivity index (χ1v) is 21.5. The molecule has 2 amide bonds. The molecule has 2 N–H and O–H groups in total. The van der Waals surface area contributed by atoms with Crippen LogP contribution in [-0.4, -0.2) is 53.7 Å². The quantitative estimate of drug-likeness (QED) is 0.210. The van der Waals surface area contributed by atoms with E-state index >= 15 is 0 Å². The average Bonchev–Trinajstić information content (AvgIpc) is 3.40. The molecule has 2 bridgehead atoms. The van der Waals surface area contributed by atoms with Crippen molar-refractivity contribution in [1.29, 1.82) is 0 Å². The zero-order valence-corrected chi connectivity index (χ0v) is 32.3. The summed E-state index contributed by atoms with van der Waals surface area (Å²) in [7, 11) is -5.74. The highest BCUT2D eigenvalue weighted by molar-refractivity contribution is 7.91. The van der Waals surface area contributed by atoms with E-state index in [2.05, 4.69) is 10.6 Å². The maximum atomic E-state index is 13.8. The lowest BCUT2D eigenvalue weighted by atomic mass is 9.90. The normalized spacial score (nSPS) is 17.9. The summed E-state index contributed by atoms with van der Waals surface area (Å²) in [5.74, 6) is -0.409. The second-order valence-corrected chi connectivity index (χ2v) is 19.5. The van der Waals surface area contributed by atoms with E-state index in [9.17, 15) is 26.4 Å². The van der Waals surface area contributed by atoms with Crippen LogP contribution in [0, 0.1) is 6.92 Å². The van der Waals surface area contributed by atoms with E-state index in [1.54, 1.807) is 30.3 Å². The van der Waals surface area contributed by atoms with Gasteiger partial charge in [0.1, 0.15) is 11.3 Å². The van der Waals surface area contributed by atoms with Gasteiger partial charge in [-0.3, -0.25) is 9.59 Å². The Labute approximate surface area is 302 Å². The van der Waals surface area contributed by atoms with Crippen molar-refractivity contribution in [1.82, 2.24) is 10.6 Å². The van der Waals surface area contributed by atoms with Crippen LogP contribution in [0.3, 0.4) is 0 Å². The topological polar surface area (TPSA) is 140 Å². The summed E-state index contributed by atoms with van der Waals surface area (Å²) >= 11 is 0. The number of fused-ring (bicyclic) bond motifs is 5. The lowest BCUT2D eigenvalue weighted by Gasteiger charge is -2.24. The maximum Gasteiger partial charge on any atom is 0.255 e. The molecule has 2 unspecified atom stereocenters. The molecule has 0 aliphatic heterocycles. The van der Waals surface area contributed by atoms with E-state index in [1.807, 2.05) is 52.0 Å². The van der Waals surface area contributed by atoms with Gasteiger partial charge in [-0.05, 0) is 93.1 Å². The Morgan fingerprint density at radius 3 is 1.90 bits per heavy atom. The number of carbonyl (C=O) groups is 2. The smallest absolute Gasteiger partial charge is 0.255 e. The summed E-state index contributed by atoms with van der Waals surface area (Å²) in [5, 5.41) is 4.41. The number of sulfone groups is 2. The maximum absolute atomic E-state index is 13.8. The summed E-state index contributed by atoms with van der Waals surface area (Å²) in [5.41, 5.74) is 3.98. The molecular formula is C40H50N2O7S2. The Kier molecular flexibility index (Phi) is 11.2. The molecule has 0 radical (unpaired) electrons. The number of hydrogen-bond acceptors (Lipinski definition) is 7. The fraction of sp³-hybridized carbons (Fsp3) is 0.450. The van der Waals surface area contributed by atoms with Crippen molar-refractivity contribution in [2.75, 3.05) is 19.6 Å². The van der Waals surface area contributed by atoms with Crippen LogP contribution >= 0.6 is 0 Å². The van der Waals surface area contributed by atoms with Gasteiger partial charge in [0.15, 0.2) is 19.7 Å². The molecule has 1 heterocycles. The van der Waals surface area contributed by atoms with Crippen molar-refractivity contribution in [2.24, 2.45) is 0 Å². The van der Waals surface area contributed by atoms with E-state index in [0.717, 1.165) is 31.2 Å². The van der Waals surface area contributed by atoms with Crippen LogP contribution in [0.15, 0.2) is 59.0 Å². The van der Waals surface area contributed by atoms with Crippen molar-refractivity contribution in [3.05, 3.63) is 82.4 Å². The molecule has 9 nitrogen and oxygen atoms in total. The highest BCUT2D eigenvalue weighted by Crippen LogP contribution is 2.44. The average molecular weight is 735 g/mol. The molecular weight excluding hydrogens is 685 g/mol. The lowest BCUT2D eigenvalue weighted by Crippen LogP contribution is -2.40. The summed E-state index contributed by atoms with van der Waals surface area (Å²) in [6.45, 7) is 7.56. The van der Waals surface area contributed by atoms with Crippen LogP contribution in [0.5, 0.6) is 0 Å². The molecule has 2 atom stereocenters. The molecule has 1 aromatic heterocycles. The molecule has 3 aromatic carbocycles. The Balaban J connectivity index is 1.91. The number of amides is 2.